The third-order valence-electron chi connectivity index (χ3n) is 1.98. The zero-order valence-corrected chi connectivity index (χ0v) is 10.8. The van der Waals surface area contributed by atoms with Crippen molar-refractivity contribution >= 4 is 56.3 Å². The molecule has 2 N–H and O–H groups in total. The third kappa shape index (κ3) is 2.14. The molecule has 0 saturated heterocycles. The van der Waals surface area contributed by atoms with Gasteiger partial charge < -0.3 is 5.73 Å². The van der Waals surface area contributed by atoms with Crippen LogP contribution in [0.1, 0.15) is 5.01 Å². The number of amidine groups is 1. The van der Waals surface area contributed by atoms with Gasteiger partial charge in [-0.3, -0.25) is 0 Å². The molecular weight excluding hydrogens is 265 g/mol. The Hall–Kier alpha value is -0.840. The minimum atomic E-state index is 0.191. The first kappa shape index (κ1) is 11.6. The summed E-state index contributed by atoms with van der Waals surface area (Å²) in [6.45, 7) is 1.94. The number of aromatic nitrogens is 1. The van der Waals surface area contributed by atoms with Crippen molar-refractivity contribution in [3.8, 4) is 0 Å². The smallest absolute Gasteiger partial charge is 0.115 e. The zero-order chi connectivity index (χ0) is 11.7. The van der Waals surface area contributed by atoms with Crippen molar-refractivity contribution in [1.29, 1.82) is 0 Å². The summed E-state index contributed by atoms with van der Waals surface area (Å²) in [6, 6.07) is 3.67. The van der Waals surface area contributed by atoms with E-state index in [-0.39, 0.29) is 5.88 Å². The average Bonchev–Trinajstić information content (AvgIpc) is 2.64. The minimum Gasteiger partial charge on any atom is -0.386 e. The third-order valence-corrected chi connectivity index (χ3v) is 3.76. The lowest BCUT2D eigenvalue weighted by atomic mass is 10.3. The summed E-state index contributed by atoms with van der Waals surface area (Å²) in [4.78, 5) is 8.49. The van der Waals surface area contributed by atoms with E-state index in [0.717, 1.165) is 15.2 Å². The second kappa shape index (κ2) is 4.57. The maximum absolute atomic E-state index is 6.22. The van der Waals surface area contributed by atoms with E-state index in [9.17, 15) is 0 Å². The van der Waals surface area contributed by atoms with Gasteiger partial charge in [-0.15, -0.1) is 22.9 Å². The lowest BCUT2D eigenvalue weighted by molar-refractivity contribution is 1.34. The number of thiazole rings is 1. The fourth-order valence-corrected chi connectivity index (χ4v) is 2.56. The van der Waals surface area contributed by atoms with Crippen molar-refractivity contribution < 1.29 is 0 Å². The molecular formula is C10H9Cl2N3S. The Morgan fingerprint density at radius 3 is 3.00 bits per heavy atom. The zero-order valence-electron chi connectivity index (χ0n) is 8.50. The number of aryl methyl sites for hydroxylation is 1. The minimum absolute atomic E-state index is 0.191. The molecule has 2 rings (SSSR count). The predicted molar refractivity (Wildman–Crippen MR) is 71.4 cm³/mol. The quantitative estimate of drug-likeness (QED) is 0.517. The Labute approximate surface area is 107 Å². The van der Waals surface area contributed by atoms with Crippen LogP contribution in [-0.4, -0.2) is 16.7 Å². The topological polar surface area (TPSA) is 51.3 Å². The van der Waals surface area contributed by atoms with Crippen LogP contribution in [-0.2, 0) is 0 Å². The van der Waals surface area contributed by atoms with E-state index in [1.807, 2.05) is 13.0 Å². The highest BCUT2D eigenvalue weighted by atomic mass is 35.5. The van der Waals surface area contributed by atoms with Crippen LogP contribution < -0.4 is 5.73 Å². The fourth-order valence-electron chi connectivity index (χ4n) is 1.33. The molecule has 6 heteroatoms. The summed E-state index contributed by atoms with van der Waals surface area (Å²) in [5.74, 6) is 0.542. The normalized spacial score (nSPS) is 12.3. The van der Waals surface area contributed by atoms with Crippen molar-refractivity contribution in [2.24, 2.45) is 10.7 Å². The molecule has 84 valence electrons. The van der Waals surface area contributed by atoms with Crippen LogP contribution in [0.15, 0.2) is 17.1 Å². The van der Waals surface area contributed by atoms with Gasteiger partial charge in [-0.05, 0) is 19.1 Å². The molecule has 1 aromatic heterocycles. The van der Waals surface area contributed by atoms with Gasteiger partial charge in [0.05, 0.1) is 31.8 Å². The number of fused-ring (bicyclic) bond motifs is 1. The van der Waals surface area contributed by atoms with E-state index in [1.54, 1.807) is 17.4 Å². The summed E-state index contributed by atoms with van der Waals surface area (Å²) >= 11 is 13.3. The molecule has 16 heavy (non-hydrogen) atoms. The number of halogens is 2. The van der Waals surface area contributed by atoms with Crippen molar-refractivity contribution in [3.63, 3.8) is 0 Å². The Balaban J connectivity index is 2.60. The largest absolute Gasteiger partial charge is 0.386 e. The van der Waals surface area contributed by atoms with Gasteiger partial charge in [-0.1, -0.05) is 11.6 Å². The summed E-state index contributed by atoms with van der Waals surface area (Å²) in [5, 5.41) is 1.56. The molecule has 0 aliphatic carbocycles. The highest BCUT2D eigenvalue weighted by Crippen LogP contribution is 2.36. The van der Waals surface area contributed by atoms with Gasteiger partial charge in [0.15, 0.2) is 0 Å². The molecule has 1 heterocycles. The van der Waals surface area contributed by atoms with Gasteiger partial charge >= 0.3 is 0 Å². The standard InChI is InChI=1S/C10H9Cl2N3S/c1-5-14-7-3-2-6(15-8(13)4-11)9(12)10(7)16-5/h2-3H,4H2,1H3,(H2,13,15). The molecule has 0 aliphatic heterocycles. The van der Waals surface area contributed by atoms with Crippen molar-refractivity contribution in [2.45, 2.75) is 6.92 Å². The Morgan fingerprint density at radius 1 is 1.56 bits per heavy atom. The molecule has 0 radical (unpaired) electrons. The fraction of sp³-hybridized carbons (Fsp3) is 0.200. The number of benzene rings is 1. The molecule has 1 aromatic carbocycles. The van der Waals surface area contributed by atoms with Crippen molar-refractivity contribution in [1.82, 2.24) is 4.98 Å². The van der Waals surface area contributed by atoms with Gasteiger partial charge in [0.1, 0.15) is 5.84 Å². The number of aliphatic imine (C=N–C) groups is 1. The van der Waals surface area contributed by atoms with Crippen LogP contribution in [0.5, 0.6) is 0 Å². The first-order valence-corrected chi connectivity index (χ1v) is 6.29. The van der Waals surface area contributed by atoms with Gasteiger partial charge in [0.25, 0.3) is 0 Å². The van der Waals surface area contributed by atoms with E-state index < -0.39 is 0 Å². The second-order valence-electron chi connectivity index (χ2n) is 3.22. The van der Waals surface area contributed by atoms with Crippen molar-refractivity contribution in [2.75, 3.05) is 5.88 Å². The predicted octanol–water partition coefficient (Wildman–Crippen LogP) is 3.49. The monoisotopic (exact) mass is 273 g/mol. The van der Waals surface area contributed by atoms with Gasteiger partial charge in [-0.2, -0.15) is 0 Å². The molecule has 0 fully saturated rings. The Kier molecular flexibility index (Phi) is 3.33. The number of rotatable bonds is 2. The van der Waals surface area contributed by atoms with Crippen molar-refractivity contribution in [3.05, 3.63) is 22.2 Å². The molecule has 0 unspecified atom stereocenters. The average molecular weight is 274 g/mol. The van der Waals surface area contributed by atoms with E-state index in [2.05, 4.69) is 9.98 Å². The maximum atomic E-state index is 6.22. The Morgan fingerprint density at radius 2 is 2.31 bits per heavy atom. The summed E-state index contributed by atoms with van der Waals surface area (Å²) in [6.07, 6.45) is 0. The molecule has 0 saturated carbocycles. The number of hydrogen-bond acceptors (Lipinski definition) is 3. The second-order valence-corrected chi connectivity index (χ2v) is 5.06. The first-order chi connectivity index (χ1) is 7.61. The number of nitrogens with zero attached hydrogens (tertiary/aromatic N) is 2. The van der Waals surface area contributed by atoms with Gasteiger partial charge in [0.2, 0.25) is 0 Å². The van der Waals surface area contributed by atoms with Crippen LogP contribution >= 0.6 is 34.5 Å². The van der Waals surface area contributed by atoms with E-state index in [4.69, 9.17) is 28.9 Å². The summed E-state index contributed by atoms with van der Waals surface area (Å²) in [7, 11) is 0. The van der Waals surface area contributed by atoms with Crippen LogP contribution in [0.25, 0.3) is 10.2 Å². The van der Waals surface area contributed by atoms with Crippen LogP contribution in [0.2, 0.25) is 5.02 Å². The molecule has 0 atom stereocenters. The highest BCUT2D eigenvalue weighted by Gasteiger charge is 2.09. The maximum Gasteiger partial charge on any atom is 0.115 e. The lowest BCUT2D eigenvalue weighted by Crippen LogP contribution is -2.12. The van der Waals surface area contributed by atoms with Crippen LogP contribution in [0.4, 0.5) is 5.69 Å². The van der Waals surface area contributed by atoms with Gasteiger partial charge in [-0.25, -0.2) is 9.98 Å². The SMILES string of the molecule is Cc1nc2ccc(N=C(N)CCl)c(Cl)c2s1. The molecule has 3 nitrogen and oxygen atoms in total. The number of nitrogens with two attached hydrogens (primary N) is 1. The number of alkyl halides is 1. The molecule has 0 spiro atoms. The summed E-state index contributed by atoms with van der Waals surface area (Å²) in [5.41, 5.74) is 7.09. The molecule has 0 amide bonds. The van der Waals surface area contributed by atoms with E-state index in [1.165, 1.54) is 0 Å². The van der Waals surface area contributed by atoms with E-state index >= 15 is 0 Å². The Bertz CT molecular complexity index is 562. The van der Waals surface area contributed by atoms with Gasteiger partial charge in [0, 0.05) is 0 Å². The van der Waals surface area contributed by atoms with E-state index in [0.29, 0.717) is 16.5 Å². The summed E-state index contributed by atoms with van der Waals surface area (Å²) < 4.78 is 0.933. The lowest BCUT2D eigenvalue weighted by Gasteiger charge is -2.00. The highest BCUT2D eigenvalue weighted by molar-refractivity contribution is 7.19. The molecule has 0 bridgehead atoms. The first-order valence-electron chi connectivity index (χ1n) is 4.56. The molecule has 2 aromatic rings. The molecule has 0 aliphatic rings. The van der Waals surface area contributed by atoms with Crippen LogP contribution in [0.3, 0.4) is 0 Å². The number of hydrogen-bond donors (Lipinski definition) is 1. The van der Waals surface area contributed by atoms with Crippen LogP contribution in [0, 0.1) is 6.92 Å².